The van der Waals surface area contributed by atoms with Gasteiger partial charge in [0.05, 0.1) is 6.54 Å². The largest absolute Gasteiger partial charge is 0.358 e. The summed E-state index contributed by atoms with van der Waals surface area (Å²) in [4.78, 5) is 20.8. The lowest BCUT2D eigenvalue weighted by molar-refractivity contribution is -0.122. The van der Waals surface area contributed by atoms with Crippen molar-refractivity contribution in [3.05, 3.63) is 35.9 Å². The molecule has 0 spiro atoms. The molecule has 2 fully saturated rings. The Morgan fingerprint density at radius 2 is 1.87 bits per heavy atom. The van der Waals surface area contributed by atoms with Crippen LogP contribution in [0.25, 0.3) is 0 Å². The molecular weight excluding hydrogens is 491 g/mol. The van der Waals surface area contributed by atoms with Crippen molar-refractivity contribution in [2.75, 3.05) is 46.8 Å². The second kappa shape index (κ2) is 13.1. The number of likely N-dealkylation sites (N-methyl/N-ethyl adjacent to an activating group) is 1. The molecule has 1 aromatic carbocycles. The third kappa shape index (κ3) is 7.70. The molecule has 1 aromatic rings. The summed E-state index contributed by atoms with van der Waals surface area (Å²) < 4.78 is 0. The number of carbonyl (C=O) groups excluding carboxylic acids is 1. The van der Waals surface area contributed by atoms with Crippen LogP contribution in [0.5, 0.6) is 0 Å². The molecule has 2 saturated heterocycles. The second-order valence-corrected chi connectivity index (χ2v) is 8.07. The van der Waals surface area contributed by atoms with Crippen molar-refractivity contribution in [1.82, 2.24) is 25.8 Å². The van der Waals surface area contributed by atoms with Crippen LogP contribution in [0.2, 0.25) is 0 Å². The highest BCUT2D eigenvalue weighted by Gasteiger charge is 2.25. The van der Waals surface area contributed by atoms with E-state index >= 15 is 0 Å². The van der Waals surface area contributed by atoms with E-state index in [1.54, 1.807) is 7.05 Å². The van der Waals surface area contributed by atoms with Gasteiger partial charge in [0.2, 0.25) is 5.91 Å². The van der Waals surface area contributed by atoms with Crippen LogP contribution in [0, 0.1) is 0 Å². The third-order valence-corrected chi connectivity index (χ3v) is 6.03. The number of aliphatic imine (C=N–C) groups is 1. The molecule has 1 atom stereocenters. The molecule has 2 aliphatic rings. The van der Waals surface area contributed by atoms with Crippen molar-refractivity contribution < 1.29 is 4.79 Å². The maximum absolute atomic E-state index is 11.5. The van der Waals surface area contributed by atoms with Crippen molar-refractivity contribution in [1.29, 1.82) is 0 Å². The predicted octanol–water partition coefficient (Wildman–Crippen LogP) is 1.64. The number of guanidine groups is 1. The van der Waals surface area contributed by atoms with Crippen LogP contribution in [-0.2, 0) is 11.3 Å². The van der Waals surface area contributed by atoms with Crippen LogP contribution in [0.1, 0.15) is 31.2 Å². The van der Waals surface area contributed by atoms with Gasteiger partial charge in [-0.15, -0.1) is 24.0 Å². The summed E-state index contributed by atoms with van der Waals surface area (Å²) >= 11 is 0. The fraction of sp³-hybridized carbons (Fsp3) is 0.636. The van der Waals surface area contributed by atoms with Gasteiger partial charge in [-0.05, 0) is 37.8 Å². The van der Waals surface area contributed by atoms with Crippen molar-refractivity contribution in [3.63, 3.8) is 0 Å². The lowest BCUT2D eigenvalue weighted by Gasteiger charge is -2.33. The molecular formula is C22H37IN6O. The van der Waals surface area contributed by atoms with Crippen LogP contribution in [0.4, 0.5) is 0 Å². The highest BCUT2D eigenvalue weighted by atomic mass is 127. The minimum Gasteiger partial charge on any atom is -0.358 e. The highest BCUT2D eigenvalue weighted by Crippen LogP contribution is 2.19. The Hall–Kier alpha value is -1.39. The maximum atomic E-state index is 11.5. The molecule has 8 heteroatoms. The molecule has 2 aliphatic heterocycles. The fourth-order valence-corrected chi connectivity index (χ4v) is 4.27. The summed E-state index contributed by atoms with van der Waals surface area (Å²) in [5.41, 5.74) is 1.38. The molecule has 1 amide bonds. The van der Waals surface area contributed by atoms with Gasteiger partial charge >= 0.3 is 0 Å². The van der Waals surface area contributed by atoms with Crippen LogP contribution in [0.15, 0.2) is 35.3 Å². The number of piperidine rings is 1. The molecule has 0 saturated carbocycles. The average Bonchev–Trinajstić information content (AvgIpc) is 3.19. The molecule has 2 heterocycles. The summed E-state index contributed by atoms with van der Waals surface area (Å²) in [5, 5.41) is 9.82. The van der Waals surface area contributed by atoms with Crippen molar-refractivity contribution in [2.24, 2.45) is 4.99 Å². The van der Waals surface area contributed by atoms with Gasteiger partial charge in [0.15, 0.2) is 5.96 Å². The van der Waals surface area contributed by atoms with Crippen molar-refractivity contribution >= 4 is 35.8 Å². The van der Waals surface area contributed by atoms with E-state index in [1.807, 2.05) is 7.05 Å². The van der Waals surface area contributed by atoms with E-state index in [9.17, 15) is 4.79 Å². The molecule has 0 bridgehead atoms. The first-order valence-electron chi connectivity index (χ1n) is 10.9. The van der Waals surface area contributed by atoms with Crippen molar-refractivity contribution in [2.45, 2.75) is 44.3 Å². The van der Waals surface area contributed by atoms with Crippen LogP contribution in [0.3, 0.4) is 0 Å². The molecule has 7 nitrogen and oxygen atoms in total. The van der Waals surface area contributed by atoms with E-state index in [0.717, 1.165) is 51.5 Å². The number of hydrogen-bond donors (Lipinski definition) is 3. The summed E-state index contributed by atoms with van der Waals surface area (Å²) in [7, 11) is 3.53. The van der Waals surface area contributed by atoms with Crippen LogP contribution >= 0.6 is 24.0 Å². The average molecular weight is 528 g/mol. The second-order valence-electron chi connectivity index (χ2n) is 8.07. The number of nitrogens with zero attached hydrogens (tertiary/aromatic N) is 3. The van der Waals surface area contributed by atoms with E-state index in [2.05, 4.69) is 61.1 Å². The zero-order valence-corrected chi connectivity index (χ0v) is 20.6. The van der Waals surface area contributed by atoms with Gasteiger partial charge in [-0.2, -0.15) is 0 Å². The van der Waals surface area contributed by atoms with E-state index < -0.39 is 0 Å². The van der Waals surface area contributed by atoms with Gasteiger partial charge in [0, 0.05) is 52.4 Å². The minimum atomic E-state index is 0. The monoisotopic (exact) mass is 528 g/mol. The van der Waals surface area contributed by atoms with E-state index in [1.165, 1.54) is 18.4 Å². The number of halogens is 1. The minimum absolute atomic E-state index is 0. The molecule has 1 unspecified atom stereocenters. The maximum Gasteiger partial charge on any atom is 0.233 e. The topological polar surface area (TPSA) is 72.0 Å². The SMILES string of the molecule is CN=C(NCC1CCCN1Cc1ccccc1)NC1CCN(CC(=O)NC)CC1.I. The molecule has 30 heavy (non-hydrogen) atoms. The highest BCUT2D eigenvalue weighted by molar-refractivity contribution is 14.0. The van der Waals surface area contributed by atoms with E-state index in [4.69, 9.17) is 0 Å². The van der Waals surface area contributed by atoms with Gasteiger partial charge in [0.1, 0.15) is 0 Å². The number of rotatable bonds is 7. The normalized spacial score (nSPS) is 21.1. The summed E-state index contributed by atoms with van der Waals surface area (Å²) in [6, 6.07) is 11.7. The molecule has 3 N–H and O–H groups in total. The number of likely N-dealkylation sites (tertiary alicyclic amines) is 2. The number of nitrogens with one attached hydrogen (secondary N) is 3. The Morgan fingerprint density at radius 3 is 2.53 bits per heavy atom. The Labute approximate surface area is 198 Å². The van der Waals surface area contributed by atoms with Gasteiger partial charge < -0.3 is 16.0 Å². The van der Waals surface area contributed by atoms with Crippen molar-refractivity contribution in [3.8, 4) is 0 Å². The summed E-state index contributed by atoms with van der Waals surface area (Å²) in [5.74, 6) is 0.979. The molecule has 0 aromatic heterocycles. The number of carbonyl (C=O) groups is 1. The summed E-state index contributed by atoms with van der Waals surface area (Å²) in [6.45, 7) is 5.47. The first-order chi connectivity index (χ1) is 14.2. The predicted molar refractivity (Wildman–Crippen MR) is 133 cm³/mol. The summed E-state index contributed by atoms with van der Waals surface area (Å²) in [6.07, 6.45) is 4.55. The molecule has 0 aliphatic carbocycles. The molecule has 0 radical (unpaired) electrons. The number of hydrogen-bond acceptors (Lipinski definition) is 4. The standard InChI is InChI=1S/C22H36N6O.HI/c1-23-21(29)17-27-13-10-19(11-14-27)26-22(24-2)25-15-20-9-6-12-28(20)16-18-7-4-3-5-8-18;/h3-5,7-8,19-20H,6,9-17H2,1-2H3,(H,23,29)(H2,24,25,26);1H. The lowest BCUT2D eigenvalue weighted by Crippen LogP contribution is -2.51. The van der Waals surface area contributed by atoms with Gasteiger partial charge in [-0.3, -0.25) is 19.6 Å². The van der Waals surface area contributed by atoms with Gasteiger partial charge in [-0.25, -0.2) is 0 Å². The lowest BCUT2D eigenvalue weighted by atomic mass is 10.1. The first-order valence-corrected chi connectivity index (χ1v) is 10.9. The van der Waals surface area contributed by atoms with Crippen LogP contribution in [-0.4, -0.2) is 80.6 Å². The van der Waals surface area contributed by atoms with Gasteiger partial charge in [-0.1, -0.05) is 30.3 Å². The smallest absolute Gasteiger partial charge is 0.233 e. The molecule has 3 rings (SSSR count). The van der Waals surface area contributed by atoms with Gasteiger partial charge in [0.25, 0.3) is 0 Å². The Balaban J connectivity index is 0.00000320. The number of benzene rings is 1. The van der Waals surface area contributed by atoms with E-state index in [0.29, 0.717) is 18.6 Å². The third-order valence-electron chi connectivity index (χ3n) is 6.03. The Kier molecular flexibility index (Phi) is 10.9. The molecule has 168 valence electrons. The first kappa shape index (κ1) is 24.9. The van der Waals surface area contributed by atoms with E-state index in [-0.39, 0.29) is 29.9 Å². The zero-order valence-electron chi connectivity index (χ0n) is 18.3. The van der Waals surface area contributed by atoms with Crippen LogP contribution < -0.4 is 16.0 Å². The Bertz CT molecular complexity index is 663. The zero-order chi connectivity index (χ0) is 20.5. The fourth-order valence-electron chi connectivity index (χ4n) is 4.27. The number of amides is 1. The quantitative estimate of drug-likeness (QED) is 0.285. The Morgan fingerprint density at radius 1 is 1.13 bits per heavy atom.